The van der Waals surface area contributed by atoms with Gasteiger partial charge in [0.15, 0.2) is 6.61 Å². The lowest BCUT2D eigenvalue weighted by atomic mass is 10.1. The lowest BCUT2D eigenvalue weighted by Crippen LogP contribution is -2.11. The Morgan fingerprint density at radius 1 is 0.967 bits per heavy atom. The summed E-state index contributed by atoms with van der Waals surface area (Å²) >= 11 is 6.32. The van der Waals surface area contributed by atoms with Crippen LogP contribution in [0, 0.1) is 0 Å². The average molecular weight is 423 g/mol. The Morgan fingerprint density at radius 2 is 1.67 bits per heavy atom. The van der Waals surface area contributed by atoms with Crippen molar-refractivity contribution < 1.29 is 19.4 Å². The summed E-state index contributed by atoms with van der Waals surface area (Å²) in [7, 11) is 0. The summed E-state index contributed by atoms with van der Waals surface area (Å²) in [4.78, 5) is 23.2. The van der Waals surface area contributed by atoms with Gasteiger partial charge in [0.2, 0.25) is 5.91 Å². The number of amides is 1. The number of carboxylic acid groups (broad SMARTS) is 1. The zero-order valence-corrected chi connectivity index (χ0v) is 16.7. The van der Waals surface area contributed by atoms with Crippen molar-refractivity contribution in [3.63, 3.8) is 0 Å². The first-order valence-corrected chi connectivity index (χ1v) is 9.77. The molecule has 0 fully saturated rings. The molecular formula is C23H19ClN2O4. The lowest BCUT2D eigenvalue weighted by molar-refractivity contribution is -0.139. The topological polar surface area (TPSA) is 94.6 Å². The smallest absolute Gasteiger partial charge is 0.341 e. The maximum absolute atomic E-state index is 12.1. The second kappa shape index (κ2) is 8.08. The number of carboxylic acids is 1. The zero-order valence-electron chi connectivity index (χ0n) is 16.0. The Hall–Kier alpha value is -3.51. The number of halogens is 1. The standard InChI is InChI=1S/C23H19ClN2O4/c24-16-7-2-1-5-14(16)11-12-26-17-8-3-6-15(23(25)29)21(17)22-18(26)9-4-10-19(22)30-13-20(27)28/h1-10H,11-13H2,(H2,25,29)(H,27,28). The summed E-state index contributed by atoms with van der Waals surface area (Å²) in [6, 6.07) is 18.4. The van der Waals surface area contributed by atoms with Crippen LogP contribution >= 0.6 is 11.6 Å². The number of nitrogens with two attached hydrogens (primary N) is 1. The minimum absolute atomic E-state index is 0.361. The monoisotopic (exact) mass is 422 g/mol. The van der Waals surface area contributed by atoms with E-state index >= 15 is 0 Å². The molecule has 7 heteroatoms. The van der Waals surface area contributed by atoms with Crippen LogP contribution in [0.2, 0.25) is 5.02 Å². The van der Waals surface area contributed by atoms with E-state index in [1.54, 1.807) is 24.3 Å². The number of aliphatic carboxylic acids is 1. The minimum Gasteiger partial charge on any atom is -0.481 e. The van der Waals surface area contributed by atoms with Crippen LogP contribution in [0.5, 0.6) is 5.75 Å². The number of fused-ring (bicyclic) bond motifs is 3. The number of aryl methyl sites for hydroxylation is 2. The number of hydrogen-bond acceptors (Lipinski definition) is 3. The van der Waals surface area contributed by atoms with Gasteiger partial charge >= 0.3 is 5.97 Å². The molecule has 0 spiro atoms. The van der Waals surface area contributed by atoms with Crippen LogP contribution < -0.4 is 10.5 Å². The first kappa shape index (κ1) is 19.8. The Balaban J connectivity index is 1.92. The van der Waals surface area contributed by atoms with E-state index in [1.807, 2.05) is 36.4 Å². The van der Waals surface area contributed by atoms with Gasteiger partial charge in [0.25, 0.3) is 0 Å². The quantitative estimate of drug-likeness (QED) is 0.465. The molecule has 4 aromatic rings. The van der Waals surface area contributed by atoms with Gasteiger partial charge in [0, 0.05) is 22.5 Å². The van der Waals surface area contributed by atoms with Crippen molar-refractivity contribution in [2.45, 2.75) is 13.0 Å². The molecule has 3 aromatic carbocycles. The fourth-order valence-electron chi connectivity index (χ4n) is 3.79. The van der Waals surface area contributed by atoms with E-state index in [-0.39, 0.29) is 0 Å². The highest BCUT2D eigenvalue weighted by molar-refractivity contribution is 6.31. The molecule has 4 rings (SSSR count). The van der Waals surface area contributed by atoms with E-state index in [4.69, 9.17) is 27.2 Å². The molecule has 1 amide bonds. The normalized spacial score (nSPS) is 11.1. The molecule has 3 N–H and O–H groups in total. The first-order valence-electron chi connectivity index (χ1n) is 9.39. The number of primary amides is 1. The maximum atomic E-state index is 12.1. The number of rotatable bonds is 7. The molecule has 6 nitrogen and oxygen atoms in total. The number of carbonyl (C=O) groups excluding carboxylic acids is 1. The van der Waals surface area contributed by atoms with Crippen molar-refractivity contribution in [3.8, 4) is 5.75 Å². The molecule has 0 atom stereocenters. The highest BCUT2D eigenvalue weighted by atomic mass is 35.5. The van der Waals surface area contributed by atoms with E-state index < -0.39 is 18.5 Å². The fourth-order valence-corrected chi connectivity index (χ4v) is 4.02. The van der Waals surface area contributed by atoms with Crippen molar-refractivity contribution in [1.29, 1.82) is 0 Å². The largest absolute Gasteiger partial charge is 0.481 e. The molecule has 0 unspecified atom stereocenters. The maximum Gasteiger partial charge on any atom is 0.341 e. The average Bonchev–Trinajstić information content (AvgIpc) is 3.05. The minimum atomic E-state index is -1.08. The molecule has 1 aromatic heterocycles. The number of hydrogen-bond donors (Lipinski definition) is 2. The third kappa shape index (κ3) is 3.57. The molecule has 0 aliphatic rings. The Kier molecular flexibility index (Phi) is 5.33. The van der Waals surface area contributed by atoms with E-state index in [0.29, 0.717) is 40.1 Å². The van der Waals surface area contributed by atoms with Gasteiger partial charge in [0.1, 0.15) is 5.75 Å². The van der Waals surface area contributed by atoms with Gasteiger partial charge in [-0.25, -0.2) is 4.79 Å². The van der Waals surface area contributed by atoms with E-state index in [0.717, 1.165) is 16.6 Å². The van der Waals surface area contributed by atoms with E-state index in [2.05, 4.69) is 4.57 Å². The van der Waals surface area contributed by atoms with Gasteiger partial charge in [0.05, 0.1) is 16.4 Å². The summed E-state index contributed by atoms with van der Waals surface area (Å²) in [5.74, 6) is -1.24. The van der Waals surface area contributed by atoms with Crippen LogP contribution in [0.25, 0.3) is 21.8 Å². The third-order valence-corrected chi connectivity index (χ3v) is 5.43. The summed E-state index contributed by atoms with van der Waals surface area (Å²) in [5.41, 5.74) is 8.66. The summed E-state index contributed by atoms with van der Waals surface area (Å²) in [6.07, 6.45) is 0.680. The summed E-state index contributed by atoms with van der Waals surface area (Å²) in [5, 5.41) is 11.0. The molecule has 0 saturated carbocycles. The number of aromatic nitrogens is 1. The van der Waals surface area contributed by atoms with E-state index in [1.165, 1.54) is 0 Å². The summed E-state index contributed by atoms with van der Waals surface area (Å²) < 4.78 is 7.61. The van der Waals surface area contributed by atoms with Gasteiger partial charge in [-0.1, -0.05) is 41.9 Å². The van der Waals surface area contributed by atoms with Gasteiger partial charge < -0.3 is 20.1 Å². The molecule has 0 aliphatic heterocycles. The number of nitrogens with zero attached hydrogens (tertiary/aromatic N) is 1. The summed E-state index contributed by atoms with van der Waals surface area (Å²) in [6.45, 7) is 0.123. The van der Waals surface area contributed by atoms with Gasteiger partial charge in [-0.3, -0.25) is 4.79 Å². The number of ether oxygens (including phenoxy) is 1. The van der Waals surface area contributed by atoms with Crippen molar-refractivity contribution in [2.24, 2.45) is 5.73 Å². The molecule has 0 bridgehead atoms. The lowest BCUT2D eigenvalue weighted by Gasteiger charge is -2.10. The Bertz CT molecular complexity index is 1280. The third-order valence-electron chi connectivity index (χ3n) is 5.06. The molecule has 0 saturated heterocycles. The van der Waals surface area contributed by atoms with E-state index in [9.17, 15) is 9.59 Å². The van der Waals surface area contributed by atoms with Gasteiger partial charge in [-0.15, -0.1) is 0 Å². The van der Waals surface area contributed by atoms with Crippen LogP contribution in [0.1, 0.15) is 15.9 Å². The van der Waals surface area contributed by atoms with Crippen molar-refractivity contribution >= 4 is 45.3 Å². The van der Waals surface area contributed by atoms with Crippen molar-refractivity contribution in [3.05, 3.63) is 76.8 Å². The van der Waals surface area contributed by atoms with Gasteiger partial charge in [-0.05, 0) is 42.3 Å². The Morgan fingerprint density at radius 3 is 2.37 bits per heavy atom. The second-order valence-electron chi connectivity index (χ2n) is 6.89. The van der Waals surface area contributed by atoms with Crippen LogP contribution in [0.3, 0.4) is 0 Å². The second-order valence-corrected chi connectivity index (χ2v) is 7.30. The fraction of sp³-hybridized carbons (Fsp3) is 0.130. The first-order chi connectivity index (χ1) is 14.5. The van der Waals surface area contributed by atoms with Crippen LogP contribution in [-0.2, 0) is 17.8 Å². The van der Waals surface area contributed by atoms with Crippen LogP contribution in [0.15, 0.2) is 60.7 Å². The van der Waals surface area contributed by atoms with Crippen molar-refractivity contribution in [2.75, 3.05) is 6.61 Å². The molecule has 30 heavy (non-hydrogen) atoms. The highest BCUT2D eigenvalue weighted by Crippen LogP contribution is 2.38. The van der Waals surface area contributed by atoms with Crippen LogP contribution in [-0.4, -0.2) is 28.2 Å². The number of benzene rings is 3. The van der Waals surface area contributed by atoms with Gasteiger partial charge in [-0.2, -0.15) is 0 Å². The Labute approximate surface area is 177 Å². The SMILES string of the molecule is NC(=O)c1cccc2c1c1c(OCC(=O)O)cccc1n2CCc1ccccc1Cl. The molecule has 152 valence electrons. The van der Waals surface area contributed by atoms with Crippen molar-refractivity contribution in [1.82, 2.24) is 4.57 Å². The molecule has 0 radical (unpaired) electrons. The molecule has 1 heterocycles. The molecule has 0 aliphatic carbocycles. The van der Waals surface area contributed by atoms with Crippen LogP contribution in [0.4, 0.5) is 0 Å². The highest BCUT2D eigenvalue weighted by Gasteiger charge is 2.20. The number of carbonyl (C=O) groups is 2. The zero-order chi connectivity index (χ0) is 21.3. The predicted molar refractivity (Wildman–Crippen MR) is 116 cm³/mol. The predicted octanol–water partition coefficient (Wildman–Crippen LogP) is 4.25. The molecular weight excluding hydrogens is 404 g/mol.